The summed E-state index contributed by atoms with van der Waals surface area (Å²) in [5.74, 6) is -1.34. The molecule has 1 aliphatic rings. The molecule has 0 saturated carbocycles. The summed E-state index contributed by atoms with van der Waals surface area (Å²) in [7, 11) is 0. The summed E-state index contributed by atoms with van der Waals surface area (Å²) in [6, 6.07) is 12.5. The zero-order chi connectivity index (χ0) is 15.7. The fourth-order valence-electron chi connectivity index (χ4n) is 2.46. The first-order valence-corrected chi connectivity index (χ1v) is 6.86. The highest BCUT2D eigenvalue weighted by atomic mass is 19.1. The van der Waals surface area contributed by atoms with Crippen molar-refractivity contribution in [2.75, 3.05) is 5.32 Å². The number of esters is 1. The van der Waals surface area contributed by atoms with Crippen LogP contribution in [0.2, 0.25) is 0 Å². The highest BCUT2D eigenvalue weighted by Gasteiger charge is 2.42. The van der Waals surface area contributed by atoms with E-state index in [1.807, 2.05) is 6.07 Å². The molecular formula is C17H14FNO3. The first-order valence-electron chi connectivity index (χ1n) is 6.86. The minimum atomic E-state index is -1.29. The monoisotopic (exact) mass is 299 g/mol. The number of halogens is 1. The zero-order valence-electron chi connectivity index (χ0n) is 11.9. The Balaban J connectivity index is 1.83. The summed E-state index contributed by atoms with van der Waals surface area (Å²) in [4.78, 5) is 24.5. The molecule has 1 heterocycles. The first-order chi connectivity index (χ1) is 10.5. The predicted octanol–water partition coefficient (Wildman–Crippen LogP) is 2.94. The van der Waals surface area contributed by atoms with Gasteiger partial charge in [0.15, 0.2) is 5.60 Å². The average Bonchev–Trinajstić information content (AvgIpc) is 2.49. The van der Waals surface area contributed by atoms with Crippen LogP contribution in [-0.4, -0.2) is 17.5 Å². The van der Waals surface area contributed by atoms with Crippen molar-refractivity contribution in [3.05, 3.63) is 65.5 Å². The molecule has 4 nitrogen and oxygen atoms in total. The molecule has 5 heteroatoms. The van der Waals surface area contributed by atoms with Crippen LogP contribution in [0.5, 0.6) is 0 Å². The van der Waals surface area contributed by atoms with E-state index in [0.29, 0.717) is 17.7 Å². The highest BCUT2D eigenvalue weighted by Crippen LogP contribution is 2.29. The van der Waals surface area contributed by atoms with E-state index in [2.05, 4.69) is 5.32 Å². The van der Waals surface area contributed by atoms with Crippen LogP contribution in [0.4, 0.5) is 10.1 Å². The van der Waals surface area contributed by atoms with Gasteiger partial charge in [-0.2, -0.15) is 0 Å². The second kappa shape index (κ2) is 5.26. The lowest BCUT2D eigenvalue weighted by Crippen LogP contribution is -2.48. The van der Waals surface area contributed by atoms with Crippen LogP contribution in [0.15, 0.2) is 48.5 Å². The average molecular weight is 299 g/mol. The summed E-state index contributed by atoms with van der Waals surface area (Å²) in [6.45, 7) is 1.57. The van der Waals surface area contributed by atoms with E-state index in [0.717, 1.165) is 5.56 Å². The van der Waals surface area contributed by atoms with Crippen LogP contribution >= 0.6 is 0 Å². The first kappa shape index (κ1) is 14.3. The van der Waals surface area contributed by atoms with E-state index in [4.69, 9.17) is 4.74 Å². The molecule has 0 spiro atoms. The van der Waals surface area contributed by atoms with Gasteiger partial charge in [0.2, 0.25) is 0 Å². The molecule has 1 atom stereocenters. The van der Waals surface area contributed by atoms with Crippen LogP contribution in [0, 0.1) is 5.82 Å². The Morgan fingerprint density at radius 3 is 2.59 bits per heavy atom. The van der Waals surface area contributed by atoms with E-state index in [-0.39, 0.29) is 5.82 Å². The number of ether oxygens (including phenoxy) is 1. The van der Waals surface area contributed by atoms with E-state index >= 15 is 0 Å². The molecule has 0 aliphatic carbocycles. The standard InChI is InChI=1S/C17H14FNO3/c1-17(16(21)19-13-8-6-12(18)7-9-13)10-11-4-2-3-5-14(11)15(20)22-17/h2-9H,10H2,1H3,(H,19,21). The van der Waals surface area contributed by atoms with Crippen LogP contribution in [0.1, 0.15) is 22.8 Å². The third-order valence-electron chi connectivity index (χ3n) is 3.67. The Kier molecular flexibility index (Phi) is 3.41. The molecule has 0 bridgehead atoms. The molecular weight excluding hydrogens is 285 g/mol. The van der Waals surface area contributed by atoms with Crippen molar-refractivity contribution in [1.82, 2.24) is 0 Å². The molecule has 1 amide bonds. The second-order valence-corrected chi connectivity index (χ2v) is 5.42. The van der Waals surface area contributed by atoms with Crippen LogP contribution < -0.4 is 5.32 Å². The summed E-state index contributed by atoms with van der Waals surface area (Å²) in [5, 5.41) is 2.65. The summed E-state index contributed by atoms with van der Waals surface area (Å²) < 4.78 is 18.2. The number of hydrogen-bond acceptors (Lipinski definition) is 3. The zero-order valence-corrected chi connectivity index (χ0v) is 11.9. The number of carbonyl (C=O) groups is 2. The van der Waals surface area contributed by atoms with Crippen molar-refractivity contribution >= 4 is 17.6 Å². The number of fused-ring (bicyclic) bond motifs is 1. The molecule has 0 radical (unpaired) electrons. The minimum Gasteiger partial charge on any atom is -0.445 e. The van der Waals surface area contributed by atoms with Crippen LogP contribution in [0.25, 0.3) is 0 Å². The maximum Gasteiger partial charge on any atom is 0.339 e. The van der Waals surface area contributed by atoms with Gasteiger partial charge in [0.05, 0.1) is 5.56 Å². The van der Waals surface area contributed by atoms with Gasteiger partial charge in [0.1, 0.15) is 5.82 Å². The molecule has 3 rings (SSSR count). The number of cyclic esters (lactones) is 1. The number of hydrogen-bond donors (Lipinski definition) is 1. The molecule has 0 saturated heterocycles. The van der Waals surface area contributed by atoms with Gasteiger partial charge in [-0.3, -0.25) is 4.79 Å². The van der Waals surface area contributed by atoms with Crippen molar-refractivity contribution in [3.8, 4) is 0 Å². The van der Waals surface area contributed by atoms with Gasteiger partial charge in [0, 0.05) is 12.1 Å². The molecule has 0 aromatic heterocycles. The molecule has 2 aromatic carbocycles. The number of carbonyl (C=O) groups excluding carboxylic acids is 2. The predicted molar refractivity (Wildman–Crippen MR) is 79.0 cm³/mol. The van der Waals surface area contributed by atoms with Crippen molar-refractivity contribution in [2.24, 2.45) is 0 Å². The van der Waals surface area contributed by atoms with Gasteiger partial charge in [-0.1, -0.05) is 18.2 Å². The maximum atomic E-state index is 12.9. The fraction of sp³-hybridized carbons (Fsp3) is 0.176. The number of rotatable bonds is 2. The largest absolute Gasteiger partial charge is 0.445 e. The number of nitrogens with one attached hydrogen (secondary N) is 1. The normalized spacial score (nSPS) is 20.0. The van der Waals surface area contributed by atoms with Gasteiger partial charge in [0.25, 0.3) is 5.91 Å². The van der Waals surface area contributed by atoms with E-state index < -0.39 is 17.5 Å². The topological polar surface area (TPSA) is 55.4 Å². The van der Waals surface area contributed by atoms with Gasteiger partial charge in [-0.15, -0.1) is 0 Å². The van der Waals surface area contributed by atoms with Crippen molar-refractivity contribution in [2.45, 2.75) is 18.9 Å². The summed E-state index contributed by atoms with van der Waals surface area (Å²) in [6.07, 6.45) is 0.294. The fourth-order valence-corrected chi connectivity index (χ4v) is 2.46. The Labute approximate surface area is 126 Å². The van der Waals surface area contributed by atoms with E-state index in [9.17, 15) is 14.0 Å². The lowest BCUT2D eigenvalue weighted by Gasteiger charge is -2.33. The molecule has 1 N–H and O–H groups in total. The quantitative estimate of drug-likeness (QED) is 0.867. The Morgan fingerprint density at radius 2 is 1.86 bits per heavy atom. The second-order valence-electron chi connectivity index (χ2n) is 5.42. The van der Waals surface area contributed by atoms with Crippen LogP contribution in [-0.2, 0) is 16.0 Å². The van der Waals surface area contributed by atoms with Gasteiger partial charge in [-0.05, 0) is 42.8 Å². The molecule has 22 heavy (non-hydrogen) atoms. The Morgan fingerprint density at radius 1 is 1.18 bits per heavy atom. The highest BCUT2D eigenvalue weighted by molar-refractivity contribution is 6.02. The van der Waals surface area contributed by atoms with Gasteiger partial charge < -0.3 is 10.1 Å². The summed E-state index contributed by atoms with van der Waals surface area (Å²) in [5.41, 5.74) is 0.410. The van der Waals surface area contributed by atoms with E-state index in [1.54, 1.807) is 25.1 Å². The molecule has 1 unspecified atom stereocenters. The maximum absolute atomic E-state index is 12.9. The van der Waals surface area contributed by atoms with Crippen molar-refractivity contribution in [1.29, 1.82) is 0 Å². The molecule has 0 fully saturated rings. The lowest BCUT2D eigenvalue weighted by molar-refractivity contribution is -0.134. The lowest BCUT2D eigenvalue weighted by atomic mass is 9.89. The number of benzene rings is 2. The van der Waals surface area contributed by atoms with Crippen molar-refractivity contribution in [3.63, 3.8) is 0 Å². The minimum absolute atomic E-state index is 0.294. The van der Waals surface area contributed by atoms with Gasteiger partial charge >= 0.3 is 5.97 Å². The Hall–Kier alpha value is -2.69. The molecule has 2 aromatic rings. The molecule has 1 aliphatic heterocycles. The van der Waals surface area contributed by atoms with Crippen molar-refractivity contribution < 1.29 is 18.7 Å². The number of amides is 1. The SMILES string of the molecule is CC1(C(=O)Nc2ccc(F)cc2)Cc2ccccc2C(=O)O1. The van der Waals surface area contributed by atoms with Crippen LogP contribution in [0.3, 0.4) is 0 Å². The smallest absolute Gasteiger partial charge is 0.339 e. The Bertz CT molecular complexity index is 742. The third-order valence-corrected chi connectivity index (χ3v) is 3.67. The third kappa shape index (κ3) is 2.57. The summed E-state index contributed by atoms with van der Waals surface area (Å²) >= 11 is 0. The number of anilines is 1. The molecule has 112 valence electrons. The van der Waals surface area contributed by atoms with Gasteiger partial charge in [-0.25, -0.2) is 9.18 Å². The van der Waals surface area contributed by atoms with E-state index in [1.165, 1.54) is 24.3 Å².